The molecule has 0 amide bonds. The second kappa shape index (κ2) is 7.79. The van der Waals surface area contributed by atoms with Crippen LogP contribution in [0.1, 0.15) is 35.1 Å². The number of nitrogens with zero attached hydrogens (tertiary/aromatic N) is 1. The molecule has 0 saturated carbocycles. The number of benzene rings is 2. The predicted octanol–water partition coefficient (Wildman–Crippen LogP) is 3.02. The molecule has 0 bridgehead atoms. The van der Waals surface area contributed by atoms with Crippen LogP contribution in [-0.2, 0) is 21.6 Å². The van der Waals surface area contributed by atoms with Gasteiger partial charge in [-0.2, -0.15) is 5.26 Å². The largest absolute Gasteiger partial charge is 0.427 e. The van der Waals surface area contributed by atoms with Crippen molar-refractivity contribution in [2.45, 2.75) is 25.0 Å². The zero-order chi connectivity index (χ0) is 17.7. The third kappa shape index (κ3) is 3.59. The molecule has 127 valence electrons. The molecule has 4 nitrogen and oxygen atoms in total. The molecule has 3 rings (SSSR count). The molecule has 1 aliphatic heterocycles. The number of halogens is 1. The Balaban J connectivity index is 1.92. The van der Waals surface area contributed by atoms with Gasteiger partial charge in [0.2, 0.25) is 0 Å². The second-order valence-corrected chi connectivity index (χ2v) is 6.02. The maximum Gasteiger partial charge on any atom is 0.395 e. The highest BCUT2D eigenvalue weighted by atomic mass is 19.1. The average molecular weight is 337 g/mol. The van der Waals surface area contributed by atoms with Crippen molar-refractivity contribution in [1.29, 1.82) is 5.26 Å². The lowest BCUT2D eigenvalue weighted by atomic mass is 9.81. The van der Waals surface area contributed by atoms with Gasteiger partial charge in [-0.15, -0.1) is 0 Å². The molecule has 0 spiro atoms. The van der Waals surface area contributed by atoms with Crippen molar-refractivity contribution in [3.05, 3.63) is 70.5 Å². The molecule has 1 atom stereocenters. The van der Waals surface area contributed by atoms with Gasteiger partial charge < -0.3 is 14.6 Å². The van der Waals surface area contributed by atoms with Crippen molar-refractivity contribution in [2.24, 2.45) is 0 Å². The van der Waals surface area contributed by atoms with E-state index in [1.54, 1.807) is 26.9 Å². The predicted molar refractivity (Wildman–Crippen MR) is 93.1 cm³/mol. The summed E-state index contributed by atoms with van der Waals surface area (Å²) in [5.41, 5.74) is 2.99. The Kier molecular flexibility index (Phi) is 5.49. The Morgan fingerprint density at radius 3 is 2.84 bits per heavy atom. The summed E-state index contributed by atoms with van der Waals surface area (Å²) in [6.07, 6.45) is 1.58. The van der Waals surface area contributed by atoms with Gasteiger partial charge in [-0.1, -0.05) is 18.2 Å². The monoisotopic (exact) mass is 337 g/mol. The average Bonchev–Trinajstić information content (AvgIpc) is 3.01. The summed E-state index contributed by atoms with van der Waals surface area (Å²) in [6.45, 7) is 1.19. The summed E-state index contributed by atoms with van der Waals surface area (Å²) in [5, 5.41) is 12.2. The third-order valence-corrected chi connectivity index (χ3v) is 4.51. The summed E-state index contributed by atoms with van der Waals surface area (Å²) >= 11 is 0. The van der Waals surface area contributed by atoms with E-state index in [4.69, 9.17) is 14.7 Å². The van der Waals surface area contributed by atoms with Crippen molar-refractivity contribution in [3.63, 3.8) is 0 Å². The van der Waals surface area contributed by atoms with Gasteiger partial charge in [0.15, 0.2) is 0 Å². The maximum atomic E-state index is 13.4. The number of hydrogen-bond donors (Lipinski definition) is 1. The zero-order valence-corrected chi connectivity index (χ0v) is 14.1. The van der Waals surface area contributed by atoms with E-state index < -0.39 is 5.60 Å². The number of nitriles is 1. The topological polar surface area (TPSA) is 54.3 Å². The van der Waals surface area contributed by atoms with E-state index in [1.165, 1.54) is 12.1 Å². The molecule has 0 saturated heterocycles. The van der Waals surface area contributed by atoms with Gasteiger partial charge in [0.25, 0.3) is 0 Å². The van der Waals surface area contributed by atoms with Crippen LogP contribution >= 0.6 is 0 Å². The number of hydrogen-bond acceptors (Lipinski definition) is 4. The van der Waals surface area contributed by atoms with Gasteiger partial charge in [-0.25, -0.2) is 4.39 Å². The minimum atomic E-state index is -0.619. The minimum Gasteiger partial charge on any atom is -0.427 e. The third-order valence-electron chi connectivity index (χ3n) is 4.51. The Labute approximate surface area is 147 Å². The number of nitrogens with one attached hydrogen (secondary N) is 1. The highest BCUT2D eigenvalue weighted by Gasteiger charge is 2.41. The van der Waals surface area contributed by atoms with Crippen LogP contribution in [0, 0.1) is 17.1 Å². The molecule has 1 unspecified atom stereocenters. The van der Waals surface area contributed by atoms with Crippen LogP contribution in [-0.4, -0.2) is 21.3 Å². The highest BCUT2D eigenvalue weighted by molar-refractivity contribution is 6.23. The first kappa shape index (κ1) is 17.6. The van der Waals surface area contributed by atoms with Crippen LogP contribution in [0.15, 0.2) is 42.5 Å². The van der Waals surface area contributed by atoms with Crippen molar-refractivity contribution in [3.8, 4) is 6.07 Å². The summed E-state index contributed by atoms with van der Waals surface area (Å²) in [7, 11) is 3.14. The molecular weight excluding hydrogens is 318 g/mol. The van der Waals surface area contributed by atoms with Crippen LogP contribution in [0.5, 0.6) is 0 Å². The van der Waals surface area contributed by atoms with E-state index >= 15 is 0 Å². The molecule has 0 aliphatic carbocycles. The second-order valence-electron chi connectivity index (χ2n) is 6.02. The number of rotatable bonds is 7. The Bertz CT molecular complexity index is 776. The van der Waals surface area contributed by atoms with Crippen LogP contribution in [0.2, 0.25) is 0 Å². The smallest absolute Gasteiger partial charge is 0.395 e. The molecule has 2 aromatic carbocycles. The lowest BCUT2D eigenvalue weighted by Gasteiger charge is -2.30. The first-order valence-corrected chi connectivity index (χ1v) is 8.21. The fraction of sp³-hybridized carbons (Fsp3) is 0.316. The van der Waals surface area contributed by atoms with Gasteiger partial charge in [0.05, 0.1) is 18.2 Å². The minimum absolute atomic E-state index is 0.270. The van der Waals surface area contributed by atoms with Crippen molar-refractivity contribution in [2.75, 3.05) is 13.7 Å². The van der Waals surface area contributed by atoms with Crippen molar-refractivity contribution < 1.29 is 13.8 Å². The van der Waals surface area contributed by atoms with Crippen molar-refractivity contribution >= 4 is 7.62 Å². The summed E-state index contributed by atoms with van der Waals surface area (Å²) < 4.78 is 24.5. The van der Waals surface area contributed by atoms with E-state index in [0.717, 1.165) is 36.1 Å². The Hall–Kier alpha value is -2.20. The summed E-state index contributed by atoms with van der Waals surface area (Å²) in [5.74, 6) is -0.270. The first-order valence-electron chi connectivity index (χ1n) is 8.21. The molecule has 1 N–H and O–H groups in total. The number of ether oxygens (including phenoxy) is 1. The Morgan fingerprint density at radius 1 is 1.32 bits per heavy atom. The van der Waals surface area contributed by atoms with Gasteiger partial charge in [-0.3, -0.25) is 0 Å². The highest BCUT2D eigenvalue weighted by Crippen LogP contribution is 2.45. The number of fused-ring (bicyclic) bond motifs is 1. The first-order chi connectivity index (χ1) is 12.2. The van der Waals surface area contributed by atoms with E-state index in [2.05, 4.69) is 11.3 Å². The molecule has 1 heterocycles. The fourth-order valence-corrected chi connectivity index (χ4v) is 3.35. The molecule has 2 aromatic rings. The van der Waals surface area contributed by atoms with E-state index in [0.29, 0.717) is 12.2 Å². The van der Waals surface area contributed by atoms with Crippen LogP contribution in [0.3, 0.4) is 0 Å². The van der Waals surface area contributed by atoms with Crippen LogP contribution < -0.4 is 5.23 Å². The van der Waals surface area contributed by atoms with Crippen molar-refractivity contribution in [1.82, 2.24) is 5.23 Å². The van der Waals surface area contributed by atoms with Gasteiger partial charge >= 0.3 is 7.62 Å². The summed E-state index contributed by atoms with van der Waals surface area (Å²) in [6, 6.07) is 14.3. The molecular formula is C19H19BFN2O2. The molecule has 0 aromatic heterocycles. The maximum absolute atomic E-state index is 13.4. The van der Waals surface area contributed by atoms with Gasteiger partial charge in [0, 0.05) is 7.11 Å². The molecule has 1 radical (unpaired) electrons. The fourth-order valence-electron chi connectivity index (χ4n) is 3.35. The molecule has 1 aliphatic rings. The quantitative estimate of drug-likeness (QED) is 0.623. The SMILES string of the molecule is CO[B]NCCCC1(c2ccc(F)cc2)OCc2cc(C#N)ccc21. The van der Waals surface area contributed by atoms with E-state index in [1.807, 2.05) is 18.2 Å². The Morgan fingerprint density at radius 2 is 2.12 bits per heavy atom. The van der Waals surface area contributed by atoms with E-state index in [-0.39, 0.29) is 5.82 Å². The van der Waals surface area contributed by atoms with E-state index in [9.17, 15) is 4.39 Å². The zero-order valence-electron chi connectivity index (χ0n) is 14.1. The molecule has 6 heteroatoms. The lowest BCUT2D eigenvalue weighted by Crippen LogP contribution is -2.29. The molecule has 25 heavy (non-hydrogen) atoms. The lowest BCUT2D eigenvalue weighted by molar-refractivity contribution is -0.0127. The summed E-state index contributed by atoms with van der Waals surface area (Å²) in [4.78, 5) is 0. The normalized spacial score (nSPS) is 18.6. The van der Waals surface area contributed by atoms with Gasteiger partial charge in [0.1, 0.15) is 11.4 Å². The molecule has 0 fully saturated rings. The van der Waals surface area contributed by atoms with Gasteiger partial charge in [-0.05, 0) is 60.3 Å². The van der Waals surface area contributed by atoms with Crippen LogP contribution in [0.4, 0.5) is 4.39 Å². The standard InChI is InChI=1S/C19H19BFN2O2/c1-24-20-23-10-2-9-19(16-4-6-17(21)7-5-16)18-8-3-14(12-22)11-15(18)13-25-19/h3-8,11,23H,2,9-10,13H2,1H3. The van der Waals surface area contributed by atoms with Crippen LogP contribution in [0.25, 0.3) is 0 Å².